The summed E-state index contributed by atoms with van der Waals surface area (Å²) >= 11 is 3.58. The van der Waals surface area contributed by atoms with Gasteiger partial charge in [-0.05, 0) is 46.8 Å². The number of aliphatic hydroxyl groups is 1. The smallest absolute Gasteiger partial charge is 0.245 e. The zero-order chi connectivity index (χ0) is 14.3. The van der Waals surface area contributed by atoms with Gasteiger partial charge in [0.15, 0.2) is 0 Å². The second-order valence-electron chi connectivity index (χ2n) is 5.49. The van der Waals surface area contributed by atoms with Gasteiger partial charge in [0.25, 0.3) is 0 Å². The molecule has 2 atom stereocenters. The number of fused-ring (bicyclic) bond motifs is 1. The molecule has 1 aromatic carbocycles. The number of rotatable bonds is 2. The lowest BCUT2D eigenvalue weighted by Gasteiger charge is -2.34. The van der Waals surface area contributed by atoms with E-state index in [0.29, 0.717) is 5.92 Å². The standard InChI is InChI=1S/C14H18BrN3O2/c15-10-4-9-11(17-14(20)13(9)16)5-12(10)18-3-1-2-8(6-18)7-19/h4-5,8,13,19H,1-3,6-7,16H2,(H,17,20). The van der Waals surface area contributed by atoms with E-state index < -0.39 is 6.04 Å². The van der Waals surface area contributed by atoms with Crippen molar-refractivity contribution in [2.24, 2.45) is 11.7 Å². The highest BCUT2D eigenvalue weighted by Gasteiger charge is 2.29. The number of amides is 1. The molecule has 2 aliphatic rings. The number of aliphatic hydroxyl groups excluding tert-OH is 1. The van der Waals surface area contributed by atoms with Gasteiger partial charge in [0.1, 0.15) is 6.04 Å². The molecule has 0 spiro atoms. The first-order chi connectivity index (χ1) is 9.60. The van der Waals surface area contributed by atoms with Gasteiger partial charge in [-0.2, -0.15) is 0 Å². The second-order valence-corrected chi connectivity index (χ2v) is 6.35. The van der Waals surface area contributed by atoms with Crippen LogP contribution in [0.15, 0.2) is 16.6 Å². The van der Waals surface area contributed by atoms with E-state index in [0.717, 1.165) is 47.3 Å². The summed E-state index contributed by atoms with van der Waals surface area (Å²) < 4.78 is 0.946. The summed E-state index contributed by atoms with van der Waals surface area (Å²) in [7, 11) is 0. The Morgan fingerprint density at radius 2 is 2.30 bits per heavy atom. The Morgan fingerprint density at radius 3 is 3.05 bits per heavy atom. The number of nitrogens with zero attached hydrogens (tertiary/aromatic N) is 1. The molecule has 1 aromatic rings. The minimum absolute atomic E-state index is 0.157. The van der Waals surface area contributed by atoms with Crippen molar-refractivity contribution in [1.82, 2.24) is 0 Å². The highest BCUT2D eigenvalue weighted by atomic mass is 79.9. The SMILES string of the molecule is NC1C(=O)Nc2cc(N3CCCC(CO)C3)c(Br)cc21. The van der Waals surface area contributed by atoms with E-state index in [-0.39, 0.29) is 12.5 Å². The highest BCUT2D eigenvalue weighted by molar-refractivity contribution is 9.10. The molecule has 108 valence electrons. The molecule has 1 amide bonds. The zero-order valence-electron chi connectivity index (χ0n) is 11.1. The van der Waals surface area contributed by atoms with Gasteiger partial charge in [-0.25, -0.2) is 0 Å². The molecular formula is C14H18BrN3O2. The number of carbonyl (C=O) groups is 1. The summed E-state index contributed by atoms with van der Waals surface area (Å²) in [6, 6.07) is 3.32. The lowest BCUT2D eigenvalue weighted by molar-refractivity contribution is -0.116. The van der Waals surface area contributed by atoms with E-state index in [9.17, 15) is 9.90 Å². The van der Waals surface area contributed by atoms with Crippen molar-refractivity contribution in [2.45, 2.75) is 18.9 Å². The summed E-state index contributed by atoms with van der Waals surface area (Å²) in [5, 5.41) is 12.2. The first-order valence-electron chi connectivity index (χ1n) is 6.86. The predicted octanol–water partition coefficient (Wildman–Crippen LogP) is 1.61. The molecule has 1 saturated heterocycles. The Bertz CT molecular complexity index is 549. The van der Waals surface area contributed by atoms with Crippen molar-refractivity contribution in [3.05, 3.63) is 22.2 Å². The van der Waals surface area contributed by atoms with Crippen molar-refractivity contribution in [3.8, 4) is 0 Å². The lowest BCUT2D eigenvalue weighted by Crippen LogP contribution is -2.37. The van der Waals surface area contributed by atoms with Crippen LogP contribution in [0.5, 0.6) is 0 Å². The second kappa shape index (κ2) is 5.35. The topological polar surface area (TPSA) is 78.6 Å². The first kappa shape index (κ1) is 13.9. The van der Waals surface area contributed by atoms with Gasteiger partial charge < -0.3 is 21.1 Å². The zero-order valence-corrected chi connectivity index (χ0v) is 12.7. The molecule has 0 radical (unpaired) electrons. The summed E-state index contributed by atoms with van der Waals surface area (Å²) in [4.78, 5) is 13.9. The van der Waals surface area contributed by atoms with Crippen LogP contribution in [0.2, 0.25) is 0 Å². The Kier molecular flexibility index (Phi) is 3.70. The van der Waals surface area contributed by atoms with Crippen molar-refractivity contribution in [2.75, 3.05) is 29.9 Å². The number of carbonyl (C=O) groups excluding carboxylic acids is 1. The number of anilines is 2. The number of hydrogen-bond acceptors (Lipinski definition) is 4. The molecule has 2 heterocycles. The number of benzene rings is 1. The molecule has 6 heteroatoms. The molecule has 0 aromatic heterocycles. The van der Waals surface area contributed by atoms with E-state index in [1.165, 1.54) is 0 Å². The molecule has 3 rings (SSSR count). The monoisotopic (exact) mass is 339 g/mol. The van der Waals surface area contributed by atoms with Crippen LogP contribution < -0.4 is 16.0 Å². The molecular weight excluding hydrogens is 322 g/mol. The van der Waals surface area contributed by atoms with E-state index in [1.54, 1.807) is 0 Å². The van der Waals surface area contributed by atoms with E-state index >= 15 is 0 Å². The van der Waals surface area contributed by atoms with E-state index in [4.69, 9.17) is 5.73 Å². The maximum Gasteiger partial charge on any atom is 0.245 e. The Hall–Kier alpha value is -1.11. The quantitative estimate of drug-likeness (QED) is 0.764. The molecule has 20 heavy (non-hydrogen) atoms. The van der Waals surface area contributed by atoms with Crippen molar-refractivity contribution in [1.29, 1.82) is 0 Å². The van der Waals surface area contributed by atoms with Crippen LogP contribution in [0.4, 0.5) is 11.4 Å². The lowest BCUT2D eigenvalue weighted by atomic mass is 9.98. The van der Waals surface area contributed by atoms with Gasteiger partial charge in [0, 0.05) is 35.4 Å². The van der Waals surface area contributed by atoms with E-state index in [2.05, 4.69) is 26.1 Å². The van der Waals surface area contributed by atoms with Gasteiger partial charge in [-0.3, -0.25) is 4.79 Å². The average Bonchev–Trinajstić information content (AvgIpc) is 2.73. The largest absolute Gasteiger partial charge is 0.396 e. The third-order valence-electron chi connectivity index (χ3n) is 4.11. The van der Waals surface area contributed by atoms with Crippen LogP contribution in [-0.4, -0.2) is 30.7 Å². The van der Waals surface area contributed by atoms with Crippen molar-refractivity contribution < 1.29 is 9.90 Å². The maximum absolute atomic E-state index is 11.6. The predicted molar refractivity (Wildman–Crippen MR) is 81.7 cm³/mol. The molecule has 2 unspecified atom stereocenters. The maximum atomic E-state index is 11.6. The fourth-order valence-electron chi connectivity index (χ4n) is 2.97. The fourth-order valence-corrected chi connectivity index (χ4v) is 3.58. The summed E-state index contributed by atoms with van der Waals surface area (Å²) in [5.74, 6) is 0.164. The minimum Gasteiger partial charge on any atom is -0.396 e. The van der Waals surface area contributed by atoms with Crippen molar-refractivity contribution in [3.63, 3.8) is 0 Å². The Balaban J connectivity index is 1.91. The van der Waals surface area contributed by atoms with Crippen LogP contribution >= 0.6 is 15.9 Å². The summed E-state index contributed by atoms with van der Waals surface area (Å²) in [6.45, 7) is 2.03. The molecule has 0 bridgehead atoms. The molecule has 2 aliphatic heterocycles. The molecule has 1 fully saturated rings. The van der Waals surface area contributed by atoms with E-state index in [1.807, 2.05) is 12.1 Å². The Labute approximate surface area is 126 Å². The fraction of sp³-hybridized carbons (Fsp3) is 0.500. The number of piperidine rings is 1. The van der Waals surface area contributed by atoms with Crippen LogP contribution in [0.3, 0.4) is 0 Å². The van der Waals surface area contributed by atoms with Crippen molar-refractivity contribution >= 4 is 33.2 Å². The number of halogens is 1. The van der Waals surface area contributed by atoms with Gasteiger partial charge >= 0.3 is 0 Å². The molecule has 0 saturated carbocycles. The number of hydrogen-bond donors (Lipinski definition) is 3. The van der Waals surface area contributed by atoms with Crippen LogP contribution in [-0.2, 0) is 4.79 Å². The Morgan fingerprint density at radius 1 is 1.50 bits per heavy atom. The van der Waals surface area contributed by atoms with Crippen LogP contribution in [0.25, 0.3) is 0 Å². The molecule has 0 aliphatic carbocycles. The van der Waals surface area contributed by atoms with Gasteiger partial charge in [-0.1, -0.05) is 0 Å². The first-order valence-corrected chi connectivity index (χ1v) is 7.65. The summed E-state index contributed by atoms with van der Waals surface area (Å²) in [5.41, 5.74) is 8.54. The average molecular weight is 340 g/mol. The van der Waals surface area contributed by atoms with Gasteiger partial charge in [-0.15, -0.1) is 0 Å². The van der Waals surface area contributed by atoms with Crippen LogP contribution in [0.1, 0.15) is 24.4 Å². The van der Waals surface area contributed by atoms with Crippen LogP contribution in [0, 0.1) is 5.92 Å². The highest BCUT2D eigenvalue weighted by Crippen LogP contribution is 2.39. The van der Waals surface area contributed by atoms with Gasteiger partial charge in [0.2, 0.25) is 5.91 Å². The minimum atomic E-state index is -0.582. The number of nitrogens with two attached hydrogens (primary N) is 1. The normalized spacial score (nSPS) is 25.6. The third-order valence-corrected chi connectivity index (χ3v) is 4.75. The summed E-state index contributed by atoms with van der Waals surface area (Å²) in [6.07, 6.45) is 2.14. The van der Waals surface area contributed by atoms with Gasteiger partial charge in [0.05, 0.1) is 5.69 Å². The third kappa shape index (κ3) is 2.32. The molecule has 5 nitrogen and oxygen atoms in total. The number of nitrogens with one attached hydrogen (secondary N) is 1. The molecule has 4 N–H and O–H groups in total.